The van der Waals surface area contributed by atoms with Crippen molar-refractivity contribution in [2.45, 2.75) is 97.3 Å². The zero-order chi connectivity index (χ0) is 22.6. The summed E-state index contributed by atoms with van der Waals surface area (Å²) < 4.78 is 0. The number of halogens is 1. The van der Waals surface area contributed by atoms with Crippen LogP contribution in [0.3, 0.4) is 0 Å². The molecule has 0 heterocycles. The van der Waals surface area contributed by atoms with Gasteiger partial charge in [0.2, 0.25) is 0 Å². The van der Waals surface area contributed by atoms with E-state index >= 15 is 0 Å². The van der Waals surface area contributed by atoms with Crippen LogP contribution in [0.2, 0.25) is 5.02 Å². The molecule has 0 saturated heterocycles. The molecule has 0 nitrogen and oxygen atoms in total. The van der Waals surface area contributed by atoms with Crippen LogP contribution in [-0.2, 0) is 6.42 Å². The van der Waals surface area contributed by atoms with Gasteiger partial charge in [0.1, 0.15) is 0 Å². The third-order valence-electron chi connectivity index (χ3n) is 7.04. The lowest BCUT2D eigenvalue weighted by atomic mass is 9.80. The van der Waals surface area contributed by atoms with Crippen LogP contribution in [0.4, 0.5) is 0 Å². The first-order valence-corrected chi connectivity index (χ1v) is 13.5. The molecule has 0 amide bonds. The van der Waals surface area contributed by atoms with Gasteiger partial charge in [-0.2, -0.15) is 0 Å². The minimum absolute atomic E-state index is 0.556. The van der Waals surface area contributed by atoms with Crippen LogP contribution in [0, 0.1) is 23.7 Å². The zero-order valence-corrected chi connectivity index (χ0v) is 21.0. The maximum atomic E-state index is 6.65. The summed E-state index contributed by atoms with van der Waals surface area (Å²) in [6.45, 7) is 4.54. The highest BCUT2D eigenvalue weighted by Crippen LogP contribution is 2.32. The van der Waals surface area contributed by atoms with Gasteiger partial charge < -0.3 is 0 Å². The fourth-order valence-corrected chi connectivity index (χ4v) is 5.19. The molecule has 32 heavy (non-hydrogen) atoms. The molecule has 0 N–H and O–H groups in total. The van der Waals surface area contributed by atoms with Crippen molar-refractivity contribution in [2.75, 3.05) is 0 Å². The minimum Gasteiger partial charge on any atom is -0.0945 e. The topological polar surface area (TPSA) is 0 Å². The molecule has 0 atom stereocenters. The van der Waals surface area contributed by atoms with Crippen molar-refractivity contribution < 1.29 is 0 Å². The summed E-state index contributed by atoms with van der Waals surface area (Å²) in [4.78, 5) is 0. The molecular formula is C31H41Cl. The van der Waals surface area contributed by atoms with E-state index in [4.69, 9.17) is 11.6 Å². The van der Waals surface area contributed by atoms with Crippen LogP contribution < -0.4 is 0 Å². The summed E-state index contributed by atoms with van der Waals surface area (Å²) in [5.74, 6) is 8.45. The Labute approximate surface area is 202 Å². The molecule has 1 aliphatic carbocycles. The second-order valence-electron chi connectivity index (χ2n) is 9.68. The van der Waals surface area contributed by atoms with Gasteiger partial charge in [0.05, 0.1) is 0 Å². The van der Waals surface area contributed by atoms with E-state index in [2.05, 4.69) is 62.1 Å². The molecule has 2 aromatic carbocycles. The van der Waals surface area contributed by atoms with E-state index in [9.17, 15) is 0 Å². The second kappa shape index (κ2) is 13.7. The fourth-order valence-electron chi connectivity index (χ4n) is 4.90. The molecule has 0 spiro atoms. The highest BCUT2D eigenvalue weighted by Gasteiger charge is 2.19. The van der Waals surface area contributed by atoms with Gasteiger partial charge in [-0.15, -0.1) is 0 Å². The standard InChI is InChI=1S/C31H41Cl/c1-3-5-7-9-11-25-12-14-27(15-13-25)16-17-28-20-23-30(31(32)24-28)29-21-18-26(19-22-29)10-8-6-4-2/h18-25,27H,3-15H2,1-2H3/t25-,27-. The van der Waals surface area contributed by atoms with Crippen molar-refractivity contribution in [3.63, 3.8) is 0 Å². The van der Waals surface area contributed by atoms with Crippen molar-refractivity contribution in [1.29, 1.82) is 0 Å². The lowest BCUT2D eigenvalue weighted by Crippen LogP contribution is -2.13. The first-order valence-electron chi connectivity index (χ1n) is 13.1. The van der Waals surface area contributed by atoms with E-state index in [-0.39, 0.29) is 0 Å². The van der Waals surface area contributed by atoms with Crippen LogP contribution in [0.25, 0.3) is 11.1 Å². The predicted octanol–water partition coefficient (Wildman–Crippen LogP) is 9.87. The van der Waals surface area contributed by atoms with Crippen molar-refractivity contribution in [3.8, 4) is 23.0 Å². The van der Waals surface area contributed by atoms with E-state index in [0.717, 1.165) is 28.5 Å². The Morgan fingerprint density at radius 1 is 0.812 bits per heavy atom. The van der Waals surface area contributed by atoms with E-state index in [1.54, 1.807) is 0 Å². The lowest BCUT2D eigenvalue weighted by molar-refractivity contribution is 0.294. The molecule has 0 radical (unpaired) electrons. The van der Waals surface area contributed by atoms with Crippen molar-refractivity contribution in [2.24, 2.45) is 11.8 Å². The first kappa shape index (κ1) is 24.9. The van der Waals surface area contributed by atoms with Crippen molar-refractivity contribution in [1.82, 2.24) is 0 Å². The summed E-state index contributed by atoms with van der Waals surface area (Å²) in [6.07, 6.45) is 17.2. The Morgan fingerprint density at radius 3 is 2.22 bits per heavy atom. The van der Waals surface area contributed by atoms with Crippen LogP contribution in [0.1, 0.15) is 102 Å². The number of unbranched alkanes of at least 4 members (excludes halogenated alkanes) is 5. The third kappa shape index (κ3) is 8.01. The summed E-state index contributed by atoms with van der Waals surface area (Å²) in [5, 5.41) is 0.798. The highest BCUT2D eigenvalue weighted by atomic mass is 35.5. The Morgan fingerprint density at radius 2 is 1.53 bits per heavy atom. The number of rotatable bonds is 10. The van der Waals surface area contributed by atoms with Crippen LogP contribution >= 0.6 is 11.6 Å². The Balaban J connectivity index is 1.51. The summed E-state index contributed by atoms with van der Waals surface area (Å²) in [6, 6.07) is 15.2. The second-order valence-corrected chi connectivity index (χ2v) is 10.1. The fraction of sp³-hybridized carbons (Fsp3) is 0.548. The molecule has 0 bridgehead atoms. The normalized spacial score (nSPS) is 18.2. The van der Waals surface area contributed by atoms with Crippen molar-refractivity contribution in [3.05, 3.63) is 58.6 Å². The number of hydrogen-bond donors (Lipinski definition) is 0. The van der Waals surface area contributed by atoms with Gasteiger partial charge in [0.15, 0.2) is 0 Å². The van der Waals surface area contributed by atoms with Crippen LogP contribution in [0.5, 0.6) is 0 Å². The molecule has 1 heteroatoms. The van der Waals surface area contributed by atoms with Crippen LogP contribution in [0.15, 0.2) is 42.5 Å². The average Bonchev–Trinajstić information content (AvgIpc) is 2.82. The monoisotopic (exact) mass is 448 g/mol. The third-order valence-corrected chi connectivity index (χ3v) is 7.35. The van der Waals surface area contributed by atoms with Gasteiger partial charge in [-0.05, 0) is 67.7 Å². The van der Waals surface area contributed by atoms with Gasteiger partial charge >= 0.3 is 0 Å². The number of benzene rings is 2. The SMILES string of the molecule is CCCCCC[C@H]1CC[C@H](C#Cc2ccc(-c3ccc(CCCCC)cc3)c(Cl)c2)CC1. The maximum absolute atomic E-state index is 6.65. The molecule has 0 aliphatic heterocycles. The van der Waals surface area contributed by atoms with Gasteiger partial charge in [-0.1, -0.05) is 113 Å². The quantitative estimate of drug-likeness (QED) is 0.250. The van der Waals surface area contributed by atoms with Gasteiger partial charge in [0, 0.05) is 22.1 Å². The molecule has 3 rings (SSSR count). The molecule has 1 aliphatic rings. The Kier molecular flexibility index (Phi) is 10.7. The minimum atomic E-state index is 0.556. The largest absolute Gasteiger partial charge is 0.0945 e. The van der Waals surface area contributed by atoms with Gasteiger partial charge in [-0.3, -0.25) is 0 Å². The average molecular weight is 449 g/mol. The lowest BCUT2D eigenvalue weighted by Gasteiger charge is -2.25. The van der Waals surface area contributed by atoms with Gasteiger partial charge in [-0.25, -0.2) is 0 Å². The molecule has 0 unspecified atom stereocenters. The molecular weight excluding hydrogens is 408 g/mol. The van der Waals surface area contributed by atoms with E-state index in [1.807, 2.05) is 6.07 Å². The van der Waals surface area contributed by atoms with Crippen LogP contribution in [-0.4, -0.2) is 0 Å². The smallest absolute Gasteiger partial charge is 0.0496 e. The number of aryl methyl sites for hydroxylation is 1. The highest BCUT2D eigenvalue weighted by molar-refractivity contribution is 6.33. The summed E-state index contributed by atoms with van der Waals surface area (Å²) >= 11 is 6.65. The maximum Gasteiger partial charge on any atom is 0.0496 e. The van der Waals surface area contributed by atoms with E-state index in [0.29, 0.717) is 5.92 Å². The Hall–Kier alpha value is -1.71. The van der Waals surface area contributed by atoms with Gasteiger partial charge in [0.25, 0.3) is 0 Å². The van der Waals surface area contributed by atoms with E-state index < -0.39 is 0 Å². The van der Waals surface area contributed by atoms with E-state index in [1.165, 1.54) is 88.2 Å². The Bertz CT molecular complexity index is 860. The molecule has 1 saturated carbocycles. The molecule has 0 aromatic heterocycles. The summed E-state index contributed by atoms with van der Waals surface area (Å²) in [7, 11) is 0. The first-order chi connectivity index (χ1) is 15.7. The molecule has 172 valence electrons. The summed E-state index contributed by atoms with van der Waals surface area (Å²) in [5.41, 5.74) is 4.74. The van der Waals surface area contributed by atoms with Crippen molar-refractivity contribution >= 4 is 11.6 Å². The molecule has 2 aromatic rings. The predicted molar refractivity (Wildman–Crippen MR) is 141 cm³/mol. The molecule has 1 fully saturated rings. The zero-order valence-electron chi connectivity index (χ0n) is 20.3. The number of hydrogen-bond acceptors (Lipinski definition) is 0.